The molecule has 0 spiro atoms. The highest BCUT2D eigenvalue weighted by Crippen LogP contribution is 2.09. The van der Waals surface area contributed by atoms with E-state index in [1.807, 2.05) is 20.8 Å². The summed E-state index contributed by atoms with van der Waals surface area (Å²) in [4.78, 5) is 32.3. The number of rotatable bonds is 2. The minimum Gasteiger partial charge on any atom is -0.478 e. The Morgan fingerprint density at radius 3 is 1.81 bits per heavy atom. The van der Waals surface area contributed by atoms with Gasteiger partial charge in [-0.05, 0) is 20.8 Å². The number of piperazine rings is 1. The molecule has 8 heteroatoms. The van der Waals surface area contributed by atoms with Crippen LogP contribution in [-0.4, -0.2) is 64.9 Å². The van der Waals surface area contributed by atoms with Crippen molar-refractivity contribution in [2.24, 2.45) is 0 Å². The summed E-state index contributed by atoms with van der Waals surface area (Å²) in [5, 5.41) is 18.8. The van der Waals surface area contributed by atoms with Gasteiger partial charge in [0.05, 0.1) is 0 Å². The highest BCUT2D eigenvalue weighted by Gasteiger charge is 2.22. The molecule has 1 saturated heterocycles. The number of carboxylic acid groups (broad SMARTS) is 2. The number of carbonyl (C=O) groups is 3. The zero-order valence-corrected chi connectivity index (χ0v) is 12.5. The largest absolute Gasteiger partial charge is 0.478 e. The summed E-state index contributed by atoms with van der Waals surface area (Å²) in [6.07, 6.45) is 0.916. The molecular weight excluding hydrogens is 280 g/mol. The van der Waals surface area contributed by atoms with Crippen LogP contribution in [0, 0.1) is 0 Å². The molecule has 0 aliphatic carbocycles. The SMILES string of the molecule is CC(C)(C)OC(=O)N1CCNCC1.O=C(O)/C=C\C(=O)O. The van der Waals surface area contributed by atoms with Gasteiger partial charge in [0.15, 0.2) is 0 Å². The topological polar surface area (TPSA) is 116 Å². The van der Waals surface area contributed by atoms with E-state index in [1.54, 1.807) is 4.90 Å². The first-order valence-electron chi connectivity index (χ1n) is 6.44. The Labute approximate surface area is 123 Å². The predicted octanol–water partition coefficient (Wildman–Crippen LogP) is 0.539. The first kappa shape index (κ1) is 18.9. The van der Waals surface area contributed by atoms with Crippen LogP contribution in [0.1, 0.15) is 20.8 Å². The summed E-state index contributed by atoms with van der Waals surface area (Å²) < 4.78 is 5.24. The van der Waals surface area contributed by atoms with Crippen LogP contribution < -0.4 is 5.32 Å². The standard InChI is InChI=1S/C9H18N2O2.C4H4O4/c1-9(2,3)13-8(12)11-6-4-10-5-7-11;5-3(6)1-2-4(7)8/h10H,4-7H2,1-3H3;1-2H,(H,5,6)(H,7,8)/b;2-1-. The van der Waals surface area contributed by atoms with Crippen molar-refractivity contribution in [3.8, 4) is 0 Å². The van der Waals surface area contributed by atoms with Gasteiger partial charge in [-0.15, -0.1) is 0 Å². The van der Waals surface area contributed by atoms with Gasteiger partial charge in [0.1, 0.15) is 5.60 Å². The van der Waals surface area contributed by atoms with Gasteiger partial charge in [0.25, 0.3) is 0 Å². The first-order valence-corrected chi connectivity index (χ1v) is 6.44. The molecule has 0 bridgehead atoms. The van der Waals surface area contributed by atoms with Gasteiger partial charge in [-0.2, -0.15) is 0 Å². The van der Waals surface area contributed by atoms with Crippen LogP contribution in [0.4, 0.5) is 4.79 Å². The summed E-state index contributed by atoms with van der Waals surface area (Å²) in [5.74, 6) is -2.51. The molecule has 1 aliphatic heterocycles. The van der Waals surface area contributed by atoms with Gasteiger partial charge in [-0.1, -0.05) is 0 Å². The lowest BCUT2D eigenvalue weighted by molar-refractivity contribution is -0.134. The molecule has 1 fully saturated rings. The number of aliphatic carboxylic acids is 2. The van der Waals surface area contributed by atoms with Gasteiger partial charge < -0.3 is 25.2 Å². The minimum atomic E-state index is -1.26. The van der Waals surface area contributed by atoms with Gasteiger partial charge >= 0.3 is 18.0 Å². The second-order valence-corrected chi connectivity index (χ2v) is 5.23. The van der Waals surface area contributed by atoms with Crippen LogP contribution in [0.25, 0.3) is 0 Å². The van der Waals surface area contributed by atoms with E-state index < -0.39 is 11.9 Å². The molecular formula is C13H22N2O6. The average Bonchev–Trinajstić information content (AvgIpc) is 2.36. The van der Waals surface area contributed by atoms with Crippen molar-refractivity contribution in [1.29, 1.82) is 0 Å². The summed E-state index contributed by atoms with van der Waals surface area (Å²) in [6, 6.07) is 0. The van der Waals surface area contributed by atoms with E-state index in [0.717, 1.165) is 26.2 Å². The third kappa shape index (κ3) is 11.4. The molecule has 0 aromatic carbocycles. The minimum absolute atomic E-state index is 0.200. The van der Waals surface area contributed by atoms with E-state index in [0.29, 0.717) is 12.2 Å². The maximum Gasteiger partial charge on any atom is 0.410 e. The fourth-order valence-electron chi connectivity index (χ4n) is 1.32. The number of hydrogen-bond donors (Lipinski definition) is 3. The molecule has 0 atom stereocenters. The number of amides is 1. The van der Waals surface area contributed by atoms with Crippen LogP contribution >= 0.6 is 0 Å². The Kier molecular flexibility index (Phi) is 8.07. The molecule has 0 saturated carbocycles. The molecule has 0 unspecified atom stereocenters. The van der Waals surface area contributed by atoms with Crippen LogP contribution in [0.3, 0.4) is 0 Å². The van der Waals surface area contributed by atoms with Crippen LogP contribution in [0.2, 0.25) is 0 Å². The van der Waals surface area contributed by atoms with Gasteiger partial charge in [-0.3, -0.25) is 0 Å². The Morgan fingerprint density at radius 2 is 1.48 bits per heavy atom. The predicted molar refractivity (Wildman–Crippen MR) is 75.1 cm³/mol. The Balaban J connectivity index is 0.000000433. The molecule has 0 aromatic rings. The van der Waals surface area contributed by atoms with Crippen molar-refractivity contribution in [3.63, 3.8) is 0 Å². The Bertz CT molecular complexity index is 378. The zero-order chi connectivity index (χ0) is 16.5. The quantitative estimate of drug-likeness (QED) is 0.637. The first-order chi connectivity index (χ1) is 9.61. The van der Waals surface area contributed by atoms with E-state index in [1.165, 1.54) is 0 Å². The number of carbonyl (C=O) groups excluding carboxylic acids is 1. The van der Waals surface area contributed by atoms with E-state index in [-0.39, 0.29) is 11.7 Å². The van der Waals surface area contributed by atoms with Crippen molar-refractivity contribution in [3.05, 3.63) is 12.2 Å². The van der Waals surface area contributed by atoms with Crippen molar-refractivity contribution in [2.45, 2.75) is 26.4 Å². The van der Waals surface area contributed by atoms with E-state index in [2.05, 4.69) is 5.32 Å². The lowest BCUT2D eigenvalue weighted by atomic mass is 10.2. The molecule has 0 aromatic heterocycles. The molecule has 1 rings (SSSR count). The molecule has 1 amide bonds. The van der Waals surface area contributed by atoms with E-state index in [4.69, 9.17) is 14.9 Å². The van der Waals surface area contributed by atoms with Gasteiger partial charge in [-0.25, -0.2) is 14.4 Å². The monoisotopic (exact) mass is 302 g/mol. The van der Waals surface area contributed by atoms with Crippen LogP contribution in [0.15, 0.2) is 12.2 Å². The molecule has 21 heavy (non-hydrogen) atoms. The summed E-state index contributed by atoms with van der Waals surface area (Å²) in [6.45, 7) is 8.86. The van der Waals surface area contributed by atoms with Crippen molar-refractivity contribution >= 4 is 18.0 Å². The summed E-state index contributed by atoms with van der Waals surface area (Å²) >= 11 is 0. The number of carboxylic acids is 2. The van der Waals surface area contributed by atoms with Crippen LogP contribution in [0.5, 0.6) is 0 Å². The fraction of sp³-hybridized carbons (Fsp3) is 0.615. The number of nitrogens with one attached hydrogen (secondary N) is 1. The molecule has 8 nitrogen and oxygen atoms in total. The van der Waals surface area contributed by atoms with E-state index in [9.17, 15) is 14.4 Å². The van der Waals surface area contributed by atoms with E-state index >= 15 is 0 Å². The maximum absolute atomic E-state index is 11.5. The number of ether oxygens (including phenoxy) is 1. The smallest absolute Gasteiger partial charge is 0.410 e. The Hall–Kier alpha value is -2.09. The van der Waals surface area contributed by atoms with Crippen molar-refractivity contribution in [1.82, 2.24) is 10.2 Å². The molecule has 3 N–H and O–H groups in total. The second kappa shape index (κ2) is 8.96. The number of nitrogens with zero attached hydrogens (tertiary/aromatic N) is 1. The van der Waals surface area contributed by atoms with Gasteiger partial charge in [0.2, 0.25) is 0 Å². The second-order valence-electron chi connectivity index (χ2n) is 5.23. The molecule has 120 valence electrons. The number of hydrogen-bond acceptors (Lipinski definition) is 5. The Morgan fingerprint density at radius 1 is 1.05 bits per heavy atom. The zero-order valence-electron chi connectivity index (χ0n) is 12.5. The van der Waals surface area contributed by atoms with Crippen molar-refractivity contribution < 1.29 is 29.3 Å². The average molecular weight is 302 g/mol. The summed E-state index contributed by atoms with van der Waals surface area (Å²) in [5.41, 5.74) is -0.387. The molecule has 1 heterocycles. The third-order valence-corrected chi connectivity index (χ3v) is 2.14. The molecule has 1 aliphatic rings. The normalized spacial score (nSPS) is 15.1. The maximum atomic E-state index is 11.5. The summed E-state index contributed by atoms with van der Waals surface area (Å²) in [7, 11) is 0. The fourth-order valence-corrected chi connectivity index (χ4v) is 1.32. The lowest BCUT2D eigenvalue weighted by Crippen LogP contribution is -2.48. The van der Waals surface area contributed by atoms with Crippen molar-refractivity contribution in [2.75, 3.05) is 26.2 Å². The highest BCUT2D eigenvalue weighted by molar-refractivity contribution is 5.89. The van der Waals surface area contributed by atoms with Gasteiger partial charge in [0, 0.05) is 38.3 Å². The molecule has 0 radical (unpaired) electrons. The highest BCUT2D eigenvalue weighted by atomic mass is 16.6. The van der Waals surface area contributed by atoms with Crippen LogP contribution in [-0.2, 0) is 14.3 Å². The third-order valence-electron chi connectivity index (χ3n) is 2.14. The lowest BCUT2D eigenvalue weighted by Gasteiger charge is -2.30.